The quantitative estimate of drug-likeness (QED) is 0.361. The molecule has 0 bridgehead atoms. The van der Waals surface area contributed by atoms with Gasteiger partial charge in [-0.05, 0) is 29.8 Å². The van der Waals surface area contributed by atoms with Crippen molar-refractivity contribution < 1.29 is 24.6 Å². The van der Waals surface area contributed by atoms with Gasteiger partial charge in [-0.3, -0.25) is 9.59 Å². The zero-order valence-electron chi connectivity index (χ0n) is 14.1. The molecule has 0 aliphatic rings. The highest BCUT2D eigenvalue weighted by Gasteiger charge is 2.23. The average Bonchev–Trinajstić information content (AvgIpc) is 2.60. The second kappa shape index (κ2) is 8.48. The second-order valence-electron chi connectivity index (χ2n) is 5.60. The molecule has 0 radical (unpaired) electrons. The maximum absolute atomic E-state index is 12.6. The van der Waals surface area contributed by atoms with Crippen molar-refractivity contribution >= 4 is 29.5 Å². The third-order valence-corrected chi connectivity index (χ3v) is 3.62. The van der Waals surface area contributed by atoms with Gasteiger partial charge in [0.15, 0.2) is 5.96 Å². The Morgan fingerprint density at radius 1 is 1.04 bits per heavy atom. The number of nitrogens with zero attached hydrogens (tertiary/aromatic N) is 1. The number of amides is 1. The predicted octanol–water partition coefficient (Wildman–Crippen LogP) is 1.24. The van der Waals surface area contributed by atoms with Gasteiger partial charge in [-0.25, -0.2) is 9.79 Å². The molecule has 2 rings (SSSR count). The van der Waals surface area contributed by atoms with E-state index in [9.17, 15) is 19.5 Å². The number of nitrogens with one attached hydrogen (secondary N) is 1. The summed E-state index contributed by atoms with van der Waals surface area (Å²) in [7, 11) is 0. The van der Waals surface area contributed by atoms with E-state index in [1.54, 1.807) is 18.2 Å². The maximum Gasteiger partial charge on any atom is 0.336 e. The Morgan fingerprint density at radius 3 is 2.37 bits per heavy atom. The summed E-state index contributed by atoms with van der Waals surface area (Å²) >= 11 is 0. The monoisotopic (exact) mass is 370 g/mol. The van der Waals surface area contributed by atoms with Gasteiger partial charge in [0.2, 0.25) is 0 Å². The number of guanidine groups is 1. The first-order chi connectivity index (χ1) is 12.8. The SMILES string of the molecule is NC(N)=Nc1cccc(C(=O)NC(CC(=O)O)c2ccccc2C(=O)O)c1. The van der Waals surface area contributed by atoms with Crippen molar-refractivity contribution in [3.05, 3.63) is 65.2 Å². The molecule has 0 aliphatic heterocycles. The van der Waals surface area contributed by atoms with Gasteiger partial charge >= 0.3 is 11.9 Å². The summed E-state index contributed by atoms with van der Waals surface area (Å²) in [5.41, 5.74) is 11.3. The molecule has 9 heteroatoms. The average molecular weight is 370 g/mol. The van der Waals surface area contributed by atoms with Crippen molar-refractivity contribution in [1.82, 2.24) is 5.32 Å². The minimum absolute atomic E-state index is 0.0849. The van der Waals surface area contributed by atoms with Crippen LogP contribution < -0.4 is 16.8 Å². The molecule has 1 atom stereocenters. The molecule has 140 valence electrons. The Balaban J connectivity index is 2.35. The van der Waals surface area contributed by atoms with Crippen molar-refractivity contribution in [3.63, 3.8) is 0 Å². The minimum Gasteiger partial charge on any atom is -0.481 e. The summed E-state index contributed by atoms with van der Waals surface area (Å²) in [6.07, 6.45) is -0.483. The first-order valence-corrected chi connectivity index (χ1v) is 7.82. The van der Waals surface area contributed by atoms with Gasteiger partial charge in [0.25, 0.3) is 5.91 Å². The molecular formula is C18H18N4O5. The van der Waals surface area contributed by atoms with Crippen LogP contribution in [0.5, 0.6) is 0 Å². The number of aromatic carboxylic acids is 1. The zero-order chi connectivity index (χ0) is 20.0. The minimum atomic E-state index is -1.22. The van der Waals surface area contributed by atoms with Gasteiger partial charge in [-0.15, -0.1) is 0 Å². The summed E-state index contributed by atoms with van der Waals surface area (Å²) in [5.74, 6) is -3.17. The van der Waals surface area contributed by atoms with Crippen molar-refractivity contribution in [2.24, 2.45) is 16.5 Å². The van der Waals surface area contributed by atoms with Gasteiger partial charge in [-0.2, -0.15) is 0 Å². The molecule has 0 heterocycles. The summed E-state index contributed by atoms with van der Waals surface area (Å²) in [6.45, 7) is 0. The molecule has 1 unspecified atom stereocenters. The van der Waals surface area contributed by atoms with Crippen molar-refractivity contribution in [2.75, 3.05) is 0 Å². The third kappa shape index (κ3) is 5.30. The highest BCUT2D eigenvalue weighted by Crippen LogP contribution is 2.23. The van der Waals surface area contributed by atoms with Gasteiger partial charge in [0.05, 0.1) is 23.7 Å². The van der Waals surface area contributed by atoms with Crippen LogP contribution >= 0.6 is 0 Å². The Labute approximate surface area is 154 Å². The Kier molecular flexibility index (Phi) is 6.10. The maximum atomic E-state index is 12.6. The summed E-state index contributed by atoms with van der Waals surface area (Å²) in [4.78, 5) is 39.0. The van der Waals surface area contributed by atoms with Crippen molar-refractivity contribution in [3.8, 4) is 0 Å². The van der Waals surface area contributed by atoms with E-state index in [0.717, 1.165) is 0 Å². The molecule has 0 aliphatic carbocycles. The Morgan fingerprint density at radius 2 is 1.74 bits per heavy atom. The van der Waals surface area contributed by atoms with Crippen LogP contribution in [0.3, 0.4) is 0 Å². The van der Waals surface area contributed by atoms with Crippen LogP contribution in [0.2, 0.25) is 0 Å². The summed E-state index contributed by atoms with van der Waals surface area (Å²) in [6, 6.07) is 10.9. The normalized spacial score (nSPS) is 11.3. The fourth-order valence-electron chi connectivity index (χ4n) is 2.52. The lowest BCUT2D eigenvalue weighted by molar-refractivity contribution is -0.137. The van der Waals surface area contributed by atoms with E-state index >= 15 is 0 Å². The first-order valence-electron chi connectivity index (χ1n) is 7.82. The fourth-order valence-corrected chi connectivity index (χ4v) is 2.52. The van der Waals surface area contributed by atoms with Gasteiger partial charge in [0, 0.05) is 5.56 Å². The highest BCUT2D eigenvalue weighted by molar-refractivity contribution is 5.96. The van der Waals surface area contributed by atoms with Crippen molar-refractivity contribution in [2.45, 2.75) is 12.5 Å². The number of carboxylic acids is 2. The number of hydrogen-bond donors (Lipinski definition) is 5. The first kappa shape index (κ1) is 19.4. The van der Waals surface area contributed by atoms with Gasteiger partial charge < -0.3 is 27.0 Å². The molecule has 2 aromatic carbocycles. The number of carbonyl (C=O) groups excluding carboxylic acids is 1. The van der Waals surface area contributed by atoms with Gasteiger partial charge in [0.1, 0.15) is 0 Å². The van der Waals surface area contributed by atoms with Crippen LogP contribution in [0.1, 0.15) is 38.7 Å². The van der Waals surface area contributed by atoms with Gasteiger partial charge in [-0.1, -0.05) is 24.3 Å². The van der Waals surface area contributed by atoms with Crippen LogP contribution in [0, 0.1) is 0 Å². The molecule has 27 heavy (non-hydrogen) atoms. The van der Waals surface area contributed by atoms with Crippen LogP contribution in [-0.2, 0) is 4.79 Å². The molecule has 0 aromatic heterocycles. The van der Waals surface area contributed by atoms with Crippen LogP contribution in [0.25, 0.3) is 0 Å². The molecule has 0 fully saturated rings. The van der Waals surface area contributed by atoms with E-state index in [0.29, 0.717) is 5.69 Å². The number of nitrogens with two attached hydrogens (primary N) is 2. The van der Waals surface area contributed by atoms with Crippen LogP contribution in [0.15, 0.2) is 53.5 Å². The number of hydrogen-bond acceptors (Lipinski definition) is 4. The van der Waals surface area contributed by atoms with Crippen molar-refractivity contribution in [1.29, 1.82) is 0 Å². The third-order valence-electron chi connectivity index (χ3n) is 3.62. The largest absolute Gasteiger partial charge is 0.481 e. The number of rotatable bonds is 7. The Hall–Kier alpha value is -3.88. The zero-order valence-corrected chi connectivity index (χ0v) is 14.1. The Bertz CT molecular complexity index is 906. The summed E-state index contributed by atoms with van der Waals surface area (Å²) in [5, 5.41) is 21.0. The number of benzene rings is 2. The number of carboxylic acid groups (broad SMARTS) is 2. The highest BCUT2D eigenvalue weighted by atomic mass is 16.4. The fraction of sp³-hybridized carbons (Fsp3) is 0.111. The summed E-state index contributed by atoms with van der Waals surface area (Å²) < 4.78 is 0. The number of aliphatic imine (C=N–C) groups is 1. The molecule has 1 amide bonds. The molecule has 2 aromatic rings. The lowest BCUT2D eigenvalue weighted by Gasteiger charge is -2.19. The molecule has 0 spiro atoms. The molecule has 9 nitrogen and oxygen atoms in total. The van der Waals surface area contributed by atoms with Crippen LogP contribution in [-0.4, -0.2) is 34.0 Å². The van der Waals surface area contributed by atoms with E-state index in [4.69, 9.17) is 16.6 Å². The second-order valence-corrected chi connectivity index (χ2v) is 5.60. The molecule has 0 saturated carbocycles. The lowest BCUT2D eigenvalue weighted by Crippen LogP contribution is -2.31. The topological polar surface area (TPSA) is 168 Å². The predicted molar refractivity (Wildman–Crippen MR) is 97.8 cm³/mol. The number of carbonyl (C=O) groups is 3. The van der Waals surface area contributed by atoms with E-state index in [1.807, 2.05) is 0 Å². The standard InChI is InChI=1S/C18H18N4O5/c19-18(20)21-11-5-3-4-10(8-11)16(25)22-14(9-15(23)24)12-6-1-2-7-13(12)17(26)27/h1-8,14H,9H2,(H,22,25)(H,23,24)(H,26,27)(H4,19,20,21). The lowest BCUT2D eigenvalue weighted by atomic mass is 9.97. The molecular weight excluding hydrogens is 352 g/mol. The van der Waals surface area contributed by atoms with E-state index < -0.39 is 30.3 Å². The van der Waals surface area contributed by atoms with E-state index in [1.165, 1.54) is 30.3 Å². The number of aliphatic carboxylic acids is 1. The smallest absolute Gasteiger partial charge is 0.336 e. The molecule has 0 saturated heterocycles. The van der Waals surface area contributed by atoms with Crippen LogP contribution in [0.4, 0.5) is 5.69 Å². The van der Waals surface area contributed by atoms with E-state index in [-0.39, 0.29) is 22.6 Å². The van der Waals surface area contributed by atoms with E-state index in [2.05, 4.69) is 10.3 Å². The molecule has 7 N–H and O–H groups in total.